The Kier molecular flexibility index (Phi) is 3.08. The second-order valence-electron chi connectivity index (χ2n) is 3.56. The number of anilines is 1. The van der Waals surface area contributed by atoms with Crippen LogP contribution in [-0.4, -0.2) is 13.1 Å². The Labute approximate surface area is 93.2 Å². The van der Waals surface area contributed by atoms with Gasteiger partial charge in [0.1, 0.15) is 0 Å². The molecule has 0 fully saturated rings. The van der Waals surface area contributed by atoms with Gasteiger partial charge in [0.05, 0.1) is 0 Å². The average Bonchev–Trinajstić information content (AvgIpc) is 2.18. The molecule has 1 heterocycles. The molecule has 0 aliphatic carbocycles. The van der Waals surface area contributed by atoms with E-state index < -0.39 is 0 Å². The summed E-state index contributed by atoms with van der Waals surface area (Å²) in [5.74, 6) is 0. The Bertz CT molecular complexity index is 325. The fraction of sp³-hybridized carbons (Fsp3) is 0.455. The molecular formula is C11H15BrN2. The lowest BCUT2D eigenvalue weighted by molar-refractivity contribution is 0.517. The molecular weight excluding hydrogens is 240 g/mol. The van der Waals surface area contributed by atoms with Gasteiger partial charge < -0.3 is 10.6 Å². The van der Waals surface area contributed by atoms with Gasteiger partial charge in [0, 0.05) is 22.7 Å². The fourth-order valence-electron chi connectivity index (χ4n) is 1.95. The van der Waals surface area contributed by atoms with E-state index in [0.29, 0.717) is 6.04 Å². The summed E-state index contributed by atoms with van der Waals surface area (Å²) in [6.07, 6.45) is 1.17. The zero-order valence-corrected chi connectivity index (χ0v) is 9.89. The highest BCUT2D eigenvalue weighted by molar-refractivity contribution is 9.10. The van der Waals surface area contributed by atoms with Crippen LogP contribution >= 0.6 is 15.9 Å². The van der Waals surface area contributed by atoms with Crippen LogP contribution < -0.4 is 10.6 Å². The first-order chi connectivity index (χ1) is 6.81. The summed E-state index contributed by atoms with van der Waals surface area (Å²) in [7, 11) is 0. The van der Waals surface area contributed by atoms with Crippen molar-refractivity contribution in [2.75, 3.05) is 18.4 Å². The predicted molar refractivity (Wildman–Crippen MR) is 63.7 cm³/mol. The minimum Gasteiger partial charge on any atom is -0.385 e. The van der Waals surface area contributed by atoms with Gasteiger partial charge in [-0.15, -0.1) is 0 Å². The van der Waals surface area contributed by atoms with Crippen molar-refractivity contribution in [2.24, 2.45) is 0 Å². The Balaban J connectivity index is 2.30. The number of rotatable bonds is 2. The summed E-state index contributed by atoms with van der Waals surface area (Å²) in [6.45, 7) is 4.24. The molecule has 0 saturated heterocycles. The molecule has 0 saturated carbocycles. The third-order valence-corrected chi connectivity index (χ3v) is 3.08. The largest absolute Gasteiger partial charge is 0.385 e. The van der Waals surface area contributed by atoms with Crippen molar-refractivity contribution in [1.82, 2.24) is 5.32 Å². The van der Waals surface area contributed by atoms with Crippen LogP contribution in [0.3, 0.4) is 0 Å². The molecule has 0 bridgehead atoms. The lowest BCUT2D eigenvalue weighted by Crippen LogP contribution is -2.27. The monoisotopic (exact) mass is 254 g/mol. The summed E-state index contributed by atoms with van der Waals surface area (Å²) in [5.41, 5.74) is 2.65. The molecule has 14 heavy (non-hydrogen) atoms. The molecule has 1 aromatic carbocycles. The number of hydrogen-bond acceptors (Lipinski definition) is 2. The van der Waals surface area contributed by atoms with Gasteiger partial charge in [0.25, 0.3) is 0 Å². The van der Waals surface area contributed by atoms with E-state index in [1.54, 1.807) is 0 Å². The van der Waals surface area contributed by atoms with Gasteiger partial charge in [0.15, 0.2) is 0 Å². The lowest BCUT2D eigenvalue weighted by atomic mass is 9.98. The molecule has 1 aliphatic heterocycles. The first-order valence-corrected chi connectivity index (χ1v) is 5.87. The third-order valence-electron chi connectivity index (χ3n) is 2.59. The van der Waals surface area contributed by atoms with Crippen molar-refractivity contribution in [3.63, 3.8) is 0 Å². The van der Waals surface area contributed by atoms with Crippen molar-refractivity contribution in [3.05, 3.63) is 28.2 Å². The molecule has 76 valence electrons. The topological polar surface area (TPSA) is 24.1 Å². The smallest absolute Gasteiger partial charge is 0.0400 e. The van der Waals surface area contributed by atoms with E-state index >= 15 is 0 Å². The van der Waals surface area contributed by atoms with Crippen LogP contribution in [0.15, 0.2) is 22.7 Å². The molecule has 3 heteroatoms. The van der Waals surface area contributed by atoms with Gasteiger partial charge in [-0.1, -0.05) is 28.9 Å². The van der Waals surface area contributed by atoms with E-state index in [1.165, 1.54) is 17.7 Å². The molecule has 1 aliphatic rings. The Morgan fingerprint density at radius 1 is 1.57 bits per heavy atom. The number of nitrogens with one attached hydrogen (secondary N) is 2. The standard InChI is InChI=1S/C11H15BrN2/c1-2-13-10-5-6-14-11-7-8(12)3-4-9(10)11/h3-4,7,10,13-14H,2,5-6H2,1H3. The quantitative estimate of drug-likeness (QED) is 0.849. The van der Waals surface area contributed by atoms with Crippen molar-refractivity contribution in [3.8, 4) is 0 Å². The van der Waals surface area contributed by atoms with Gasteiger partial charge in [0.2, 0.25) is 0 Å². The van der Waals surface area contributed by atoms with Crippen LogP contribution in [0, 0.1) is 0 Å². The SMILES string of the molecule is CCNC1CCNc2cc(Br)ccc21. The van der Waals surface area contributed by atoms with E-state index in [0.717, 1.165) is 17.6 Å². The first-order valence-electron chi connectivity index (χ1n) is 5.08. The Morgan fingerprint density at radius 3 is 3.21 bits per heavy atom. The van der Waals surface area contributed by atoms with Crippen molar-refractivity contribution < 1.29 is 0 Å². The van der Waals surface area contributed by atoms with Crippen molar-refractivity contribution in [2.45, 2.75) is 19.4 Å². The molecule has 2 N–H and O–H groups in total. The third kappa shape index (κ3) is 1.93. The van der Waals surface area contributed by atoms with E-state index in [2.05, 4.69) is 51.7 Å². The van der Waals surface area contributed by atoms with Crippen molar-refractivity contribution in [1.29, 1.82) is 0 Å². The second-order valence-corrected chi connectivity index (χ2v) is 4.47. The maximum Gasteiger partial charge on any atom is 0.0400 e. The van der Waals surface area contributed by atoms with E-state index in [9.17, 15) is 0 Å². The van der Waals surface area contributed by atoms with Crippen LogP contribution in [0.25, 0.3) is 0 Å². The average molecular weight is 255 g/mol. The molecule has 0 amide bonds. The molecule has 0 aromatic heterocycles. The molecule has 2 rings (SSSR count). The van der Waals surface area contributed by atoms with Crippen LogP contribution in [-0.2, 0) is 0 Å². The molecule has 1 aromatic rings. The molecule has 1 unspecified atom stereocenters. The normalized spacial score (nSPS) is 20.0. The summed E-state index contributed by atoms with van der Waals surface area (Å²) < 4.78 is 1.14. The molecule has 1 atom stereocenters. The van der Waals surface area contributed by atoms with Gasteiger partial charge >= 0.3 is 0 Å². The lowest BCUT2D eigenvalue weighted by Gasteiger charge is -2.27. The van der Waals surface area contributed by atoms with Crippen LogP contribution in [0.1, 0.15) is 24.9 Å². The summed E-state index contributed by atoms with van der Waals surface area (Å²) in [5, 5.41) is 6.93. The summed E-state index contributed by atoms with van der Waals surface area (Å²) in [6, 6.07) is 6.97. The minimum atomic E-state index is 0.518. The van der Waals surface area contributed by atoms with Crippen molar-refractivity contribution >= 4 is 21.6 Å². The highest BCUT2D eigenvalue weighted by atomic mass is 79.9. The number of hydrogen-bond donors (Lipinski definition) is 2. The van der Waals surface area contributed by atoms with Gasteiger partial charge in [-0.05, 0) is 30.7 Å². The first kappa shape index (κ1) is 9.99. The van der Waals surface area contributed by atoms with Gasteiger partial charge in [-0.2, -0.15) is 0 Å². The molecule has 0 radical (unpaired) electrons. The summed E-state index contributed by atoms with van der Waals surface area (Å²) >= 11 is 3.49. The zero-order chi connectivity index (χ0) is 9.97. The zero-order valence-electron chi connectivity index (χ0n) is 8.31. The van der Waals surface area contributed by atoms with Crippen LogP contribution in [0.2, 0.25) is 0 Å². The summed E-state index contributed by atoms with van der Waals surface area (Å²) in [4.78, 5) is 0. The van der Waals surface area contributed by atoms with Crippen LogP contribution in [0.5, 0.6) is 0 Å². The Hall–Kier alpha value is -0.540. The highest BCUT2D eigenvalue weighted by Gasteiger charge is 2.18. The van der Waals surface area contributed by atoms with Crippen LogP contribution in [0.4, 0.5) is 5.69 Å². The predicted octanol–water partition coefficient (Wildman–Crippen LogP) is 2.92. The molecule has 0 spiro atoms. The maximum atomic E-state index is 3.50. The van der Waals surface area contributed by atoms with E-state index in [4.69, 9.17) is 0 Å². The highest BCUT2D eigenvalue weighted by Crippen LogP contribution is 2.31. The molecule has 2 nitrogen and oxygen atoms in total. The van der Waals surface area contributed by atoms with Gasteiger partial charge in [-0.3, -0.25) is 0 Å². The second kappa shape index (κ2) is 4.32. The van der Waals surface area contributed by atoms with Gasteiger partial charge in [-0.25, -0.2) is 0 Å². The van der Waals surface area contributed by atoms with E-state index in [-0.39, 0.29) is 0 Å². The Morgan fingerprint density at radius 2 is 2.43 bits per heavy atom. The maximum absolute atomic E-state index is 3.50. The number of benzene rings is 1. The number of halogens is 1. The van der Waals surface area contributed by atoms with E-state index in [1.807, 2.05) is 0 Å². The number of fused-ring (bicyclic) bond motifs is 1. The minimum absolute atomic E-state index is 0.518. The fourth-order valence-corrected chi connectivity index (χ4v) is 2.31.